The molecule has 4 rings (SSSR count). The number of fused-ring (bicyclic) bond motifs is 1. The van der Waals surface area contributed by atoms with Crippen molar-refractivity contribution >= 4 is 45.0 Å². The lowest BCUT2D eigenvalue weighted by Gasteiger charge is -2.18. The van der Waals surface area contributed by atoms with Gasteiger partial charge in [0.05, 0.1) is 11.6 Å². The quantitative estimate of drug-likeness (QED) is 0.278. The Labute approximate surface area is 201 Å². The first-order valence-corrected chi connectivity index (χ1v) is 10.5. The highest BCUT2D eigenvalue weighted by Crippen LogP contribution is 2.41. The first-order chi connectivity index (χ1) is 15.8. The van der Waals surface area contributed by atoms with E-state index < -0.39 is 52.6 Å². The van der Waals surface area contributed by atoms with Crippen molar-refractivity contribution in [3.8, 4) is 0 Å². The maximum atomic E-state index is 13.9. The largest absolute Gasteiger partial charge is 0.416 e. The molecule has 0 radical (unpaired) electrons. The van der Waals surface area contributed by atoms with Crippen molar-refractivity contribution in [2.45, 2.75) is 12.2 Å². The molecule has 176 valence electrons. The van der Waals surface area contributed by atoms with Crippen LogP contribution >= 0.6 is 27.5 Å². The third kappa shape index (κ3) is 4.49. The number of alkyl halides is 3. The van der Waals surface area contributed by atoms with E-state index in [1.54, 1.807) is 0 Å². The molecule has 0 unspecified atom stereocenters. The predicted molar refractivity (Wildman–Crippen MR) is 114 cm³/mol. The normalized spacial score (nSPS) is 15.2. The summed E-state index contributed by atoms with van der Waals surface area (Å²) < 4.78 is 80.6. The molecule has 1 heterocycles. The van der Waals surface area contributed by atoms with E-state index in [4.69, 9.17) is 11.6 Å². The van der Waals surface area contributed by atoms with Crippen LogP contribution in [0.4, 0.5) is 32.0 Å². The summed E-state index contributed by atoms with van der Waals surface area (Å²) >= 11 is 9.23. The fraction of sp³-hybridized carbons (Fsp3) is 0.0909. The fourth-order valence-electron chi connectivity index (χ4n) is 3.57. The molecule has 1 aliphatic rings. The van der Waals surface area contributed by atoms with E-state index in [-0.39, 0.29) is 33.5 Å². The standard InChI is InChI=1S/C22H10BrClF6N2O2/c23-10-4-13-18(19(32-21(13)34)12-6-15(26)16(27)7-14(12)24)17(5-10)31-20(33)8-1-9(22(28,29)30)3-11(25)2-8/h1-7,19H,(H,31,33)(H,32,34)/t19-/m0/s1. The van der Waals surface area contributed by atoms with Crippen LogP contribution in [-0.4, -0.2) is 11.8 Å². The Morgan fingerprint density at radius 3 is 2.35 bits per heavy atom. The van der Waals surface area contributed by atoms with Crippen LogP contribution in [0.5, 0.6) is 0 Å². The van der Waals surface area contributed by atoms with Gasteiger partial charge in [0.25, 0.3) is 11.8 Å². The van der Waals surface area contributed by atoms with Gasteiger partial charge < -0.3 is 10.6 Å². The number of hydrogen-bond donors (Lipinski definition) is 2. The van der Waals surface area contributed by atoms with E-state index >= 15 is 0 Å². The predicted octanol–water partition coefficient (Wildman–Crippen LogP) is 6.62. The number of halogens is 8. The Morgan fingerprint density at radius 1 is 1.00 bits per heavy atom. The maximum absolute atomic E-state index is 13.9. The molecule has 2 amide bonds. The monoisotopic (exact) mass is 562 g/mol. The molecule has 0 spiro atoms. The van der Waals surface area contributed by atoms with Gasteiger partial charge in [0.15, 0.2) is 11.6 Å². The molecule has 2 N–H and O–H groups in total. The zero-order chi connectivity index (χ0) is 24.9. The summed E-state index contributed by atoms with van der Waals surface area (Å²) in [6.07, 6.45) is -4.89. The summed E-state index contributed by atoms with van der Waals surface area (Å²) in [4.78, 5) is 25.3. The first kappa shape index (κ1) is 24.1. The van der Waals surface area contributed by atoms with E-state index in [0.29, 0.717) is 16.6 Å². The number of anilines is 1. The van der Waals surface area contributed by atoms with E-state index in [1.807, 2.05) is 0 Å². The van der Waals surface area contributed by atoms with Crippen LogP contribution in [0.15, 0.2) is 46.9 Å². The summed E-state index contributed by atoms with van der Waals surface area (Å²) in [6, 6.07) is 4.48. The topological polar surface area (TPSA) is 58.2 Å². The summed E-state index contributed by atoms with van der Waals surface area (Å²) in [5.41, 5.74) is -1.89. The number of benzene rings is 3. The van der Waals surface area contributed by atoms with Gasteiger partial charge in [-0.25, -0.2) is 13.2 Å². The SMILES string of the molecule is O=C(Nc1cc(Br)cc2c1[C@H](c1cc(F)c(F)cc1Cl)NC2=O)c1cc(F)cc(C(F)(F)F)c1. The van der Waals surface area contributed by atoms with Gasteiger partial charge in [-0.2, -0.15) is 13.2 Å². The molecular weight excluding hydrogens is 554 g/mol. The van der Waals surface area contributed by atoms with Crippen molar-refractivity contribution in [2.24, 2.45) is 0 Å². The zero-order valence-electron chi connectivity index (χ0n) is 16.5. The molecule has 0 fully saturated rings. The van der Waals surface area contributed by atoms with Crippen LogP contribution in [-0.2, 0) is 6.18 Å². The number of carbonyl (C=O) groups is 2. The van der Waals surface area contributed by atoms with Gasteiger partial charge in [-0.3, -0.25) is 9.59 Å². The molecule has 34 heavy (non-hydrogen) atoms. The Balaban J connectivity index is 1.79. The van der Waals surface area contributed by atoms with Crippen LogP contribution in [0.1, 0.15) is 43.4 Å². The van der Waals surface area contributed by atoms with Gasteiger partial charge in [-0.1, -0.05) is 27.5 Å². The first-order valence-electron chi connectivity index (χ1n) is 9.33. The Hall–Kier alpha value is -3.05. The van der Waals surface area contributed by atoms with E-state index in [9.17, 15) is 35.9 Å². The highest BCUT2D eigenvalue weighted by Gasteiger charge is 2.36. The lowest BCUT2D eigenvalue weighted by atomic mass is 9.96. The minimum atomic E-state index is -4.89. The molecule has 4 nitrogen and oxygen atoms in total. The van der Waals surface area contributed by atoms with Crippen LogP contribution in [0.2, 0.25) is 5.02 Å². The van der Waals surface area contributed by atoms with Crippen LogP contribution in [0, 0.1) is 17.5 Å². The average molecular weight is 564 g/mol. The number of amides is 2. The second-order valence-electron chi connectivity index (χ2n) is 7.29. The molecule has 3 aromatic rings. The Kier molecular flexibility index (Phi) is 6.11. The van der Waals surface area contributed by atoms with Crippen LogP contribution in [0.3, 0.4) is 0 Å². The van der Waals surface area contributed by atoms with Crippen molar-refractivity contribution in [2.75, 3.05) is 5.32 Å². The third-order valence-corrected chi connectivity index (χ3v) is 5.82. The lowest BCUT2D eigenvalue weighted by molar-refractivity contribution is -0.137. The number of hydrogen-bond acceptors (Lipinski definition) is 2. The number of nitrogens with one attached hydrogen (secondary N) is 2. The molecule has 12 heteroatoms. The van der Waals surface area contributed by atoms with Crippen LogP contribution in [0.25, 0.3) is 0 Å². The van der Waals surface area contributed by atoms with E-state index in [0.717, 1.165) is 12.1 Å². The van der Waals surface area contributed by atoms with Gasteiger partial charge >= 0.3 is 6.18 Å². The van der Waals surface area contributed by atoms with Gasteiger partial charge in [0, 0.05) is 37.4 Å². The lowest BCUT2D eigenvalue weighted by Crippen LogP contribution is -2.21. The summed E-state index contributed by atoms with van der Waals surface area (Å²) in [7, 11) is 0. The van der Waals surface area contributed by atoms with E-state index in [1.165, 1.54) is 12.1 Å². The number of carbonyl (C=O) groups excluding carboxylic acids is 2. The fourth-order valence-corrected chi connectivity index (χ4v) is 4.29. The molecule has 0 bridgehead atoms. The Bertz CT molecular complexity index is 1360. The maximum Gasteiger partial charge on any atom is 0.416 e. The molecule has 1 atom stereocenters. The van der Waals surface area contributed by atoms with Crippen LogP contribution < -0.4 is 10.6 Å². The number of rotatable bonds is 3. The van der Waals surface area contributed by atoms with Crippen molar-refractivity contribution in [3.05, 3.63) is 97.2 Å². The minimum Gasteiger partial charge on any atom is -0.341 e. The molecule has 0 saturated heterocycles. The zero-order valence-corrected chi connectivity index (χ0v) is 18.8. The molecule has 3 aromatic carbocycles. The average Bonchev–Trinajstić information content (AvgIpc) is 3.06. The third-order valence-electron chi connectivity index (χ3n) is 5.04. The second-order valence-corrected chi connectivity index (χ2v) is 8.61. The molecule has 1 aliphatic heterocycles. The highest BCUT2D eigenvalue weighted by molar-refractivity contribution is 9.10. The van der Waals surface area contributed by atoms with Gasteiger partial charge in [-0.15, -0.1) is 0 Å². The summed E-state index contributed by atoms with van der Waals surface area (Å²) in [5.74, 6) is -5.44. The molecular formula is C22H10BrClF6N2O2. The molecule has 0 aliphatic carbocycles. The molecule has 0 aromatic heterocycles. The minimum absolute atomic E-state index is 0.0180. The van der Waals surface area contributed by atoms with Crippen molar-refractivity contribution in [1.82, 2.24) is 5.32 Å². The highest BCUT2D eigenvalue weighted by atomic mass is 79.9. The van der Waals surface area contributed by atoms with Crippen molar-refractivity contribution in [3.63, 3.8) is 0 Å². The smallest absolute Gasteiger partial charge is 0.341 e. The molecule has 0 saturated carbocycles. The van der Waals surface area contributed by atoms with Gasteiger partial charge in [-0.05, 0) is 42.5 Å². The second kappa shape index (κ2) is 8.62. The van der Waals surface area contributed by atoms with E-state index in [2.05, 4.69) is 26.6 Å². The summed E-state index contributed by atoms with van der Waals surface area (Å²) in [6.45, 7) is 0. The van der Waals surface area contributed by atoms with Gasteiger partial charge in [0.2, 0.25) is 0 Å². The summed E-state index contributed by atoms with van der Waals surface area (Å²) in [5, 5.41) is 4.70. The van der Waals surface area contributed by atoms with Crippen molar-refractivity contribution in [1.29, 1.82) is 0 Å². The Morgan fingerprint density at radius 2 is 1.68 bits per heavy atom. The van der Waals surface area contributed by atoms with Crippen molar-refractivity contribution < 1.29 is 35.9 Å². The van der Waals surface area contributed by atoms with Gasteiger partial charge in [0.1, 0.15) is 5.82 Å².